The van der Waals surface area contributed by atoms with Crippen LogP contribution >= 0.6 is 11.8 Å². The molecule has 0 fully saturated rings. The number of thioether (sulfide) groups is 1. The lowest BCUT2D eigenvalue weighted by atomic mass is 10.2. The second kappa shape index (κ2) is 7.25. The molecule has 2 aromatic carbocycles. The number of fused-ring (bicyclic) bond motifs is 2. The summed E-state index contributed by atoms with van der Waals surface area (Å²) in [6.45, 7) is 0. The zero-order valence-electron chi connectivity index (χ0n) is 14.7. The van der Waals surface area contributed by atoms with Crippen molar-refractivity contribution in [2.24, 2.45) is 7.05 Å². The molecular formula is C21H17N3O2S. The summed E-state index contributed by atoms with van der Waals surface area (Å²) in [5.74, 6) is 0.0751. The summed E-state index contributed by atoms with van der Waals surface area (Å²) in [6, 6.07) is 18.9. The molecule has 4 rings (SSSR count). The Morgan fingerprint density at radius 2 is 1.89 bits per heavy atom. The summed E-state index contributed by atoms with van der Waals surface area (Å²) in [6.07, 6.45) is 1.65. The number of para-hydroxylation sites is 2. The molecule has 134 valence electrons. The van der Waals surface area contributed by atoms with E-state index in [1.807, 2.05) is 54.6 Å². The van der Waals surface area contributed by atoms with Gasteiger partial charge < -0.3 is 9.88 Å². The number of nitrogens with one attached hydrogen (secondary N) is 1. The normalized spacial score (nSPS) is 11.0. The highest BCUT2D eigenvalue weighted by Gasteiger charge is 2.10. The maximum atomic E-state index is 12.4. The molecule has 0 unspecified atom stereocenters. The van der Waals surface area contributed by atoms with E-state index in [0.29, 0.717) is 5.69 Å². The van der Waals surface area contributed by atoms with Crippen molar-refractivity contribution in [1.29, 1.82) is 0 Å². The lowest BCUT2D eigenvalue weighted by Gasteiger charge is -2.10. The number of benzene rings is 2. The molecule has 27 heavy (non-hydrogen) atoms. The van der Waals surface area contributed by atoms with Crippen LogP contribution < -0.4 is 10.9 Å². The van der Waals surface area contributed by atoms with Gasteiger partial charge in [0.25, 0.3) is 5.56 Å². The van der Waals surface area contributed by atoms with Crippen molar-refractivity contribution in [1.82, 2.24) is 9.55 Å². The zero-order chi connectivity index (χ0) is 18.8. The molecule has 5 nitrogen and oxygen atoms in total. The Hall–Kier alpha value is -3.12. The third-order valence-corrected chi connectivity index (χ3v) is 5.40. The number of pyridine rings is 2. The minimum atomic E-state index is -0.137. The van der Waals surface area contributed by atoms with E-state index >= 15 is 0 Å². The van der Waals surface area contributed by atoms with Crippen LogP contribution in [-0.2, 0) is 11.8 Å². The molecule has 2 heterocycles. The van der Waals surface area contributed by atoms with Crippen LogP contribution in [0.2, 0.25) is 0 Å². The van der Waals surface area contributed by atoms with Gasteiger partial charge in [-0.15, -0.1) is 11.8 Å². The molecule has 0 atom stereocenters. The predicted molar refractivity (Wildman–Crippen MR) is 110 cm³/mol. The van der Waals surface area contributed by atoms with Crippen molar-refractivity contribution in [3.63, 3.8) is 0 Å². The first kappa shape index (κ1) is 17.3. The maximum absolute atomic E-state index is 12.4. The number of carbonyl (C=O) groups is 1. The molecule has 0 aliphatic rings. The molecule has 0 aliphatic carbocycles. The number of aryl methyl sites for hydroxylation is 1. The summed E-state index contributed by atoms with van der Waals surface area (Å²) in [7, 11) is 1.75. The molecule has 0 saturated carbocycles. The molecular weight excluding hydrogens is 358 g/mol. The van der Waals surface area contributed by atoms with Gasteiger partial charge in [-0.2, -0.15) is 0 Å². The number of aromatic nitrogens is 2. The fourth-order valence-electron chi connectivity index (χ4n) is 2.98. The van der Waals surface area contributed by atoms with Crippen LogP contribution in [0.5, 0.6) is 0 Å². The van der Waals surface area contributed by atoms with Crippen molar-refractivity contribution in [3.8, 4) is 0 Å². The summed E-state index contributed by atoms with van der Waals surface area (Å²) in [4.78, 5) is 29.7. The second-order valence-electron chi connectivity index (χ2n) is 6.18. The maximum Gasteiger partial charge on any atom is 0.251 e. The standard InChI is InChI=1S/C21H17N3O2S/c1-24-18-9-5-3-7-16(18)19(11-21(24)26)27-13-20(25)23-15-10-14-6-2-4-8-17(14)22-12-15/h2-12H,13H2,1H3,(H,23,25). The third-order valence-electron chi connectivity index (χ3n) is 4.35. The lowest BCUT2D eigenvalue weighted by Crippen LogP contribution is -2.17. The van der Waals surface area contributed by atoms with E-state index in [2.05, 4.69) is 10.3 Å². The number of rotatable bonds is 4. The van der Waals surface area contributed by atoms with Gasteiger partial charge in [-0.1, -0.05) is 36.4 Å². The molecule has 0 spiro atoms. The summed E-state index contributed by atoms with van der Waals surface area (Å²) < 4.78 is 1.61. The average Bonchev–Trinajstić information content (AvgIpc) is 2.69. The van der Waals surface area contributed by atoms with Crippen molar-refractivity contribution in [3.05, 3.63) is 77.2 Å². The van der Waals surface area contributed by atoms with Gasteiger partial charge in [-0.05, 0) is 18.2 Å². The third kappa shape index (κ3) is 3.57. The van der Waals surface area contributed by atoms with E-state index in [1.165, 1.54) is 11.8 Å². The molecule has 1 N–H and O–H groups in total. The van der Waals surface area contributed by atoms with Crippen molar-refractivity contribution >= 4 is 45.2 Å². The van der Waals surface area contributed by atoms with Gasteiger partial charge in [-0.3, -0.25) is 14.6 Å². The quantitative estimate of drug-likeness (QED) is 0.551. The number of hydrogen-bond acceptors (Lipinski definition) is 4. The van der Waals surface area contributed by atoms with E-state index in [1.54, 1.807) is 23.9 Å². The van der Waals surface area contributed by atoms with E-state index in [9.17, 15) is 9.59 Å². The number of hydrogen-bond donors (Lipinski definition) is 1. The van der Waals surface area contributed by atoms with Crippen LogP contribution in [0.3, 0.4) is 0 Å². The van der Waals surface area contributed by atoms with E-state index in [4.69, 9.17) is 0 Å². The van der Waals surface area contributed by atoms with Crippen LogP contribution in [0.4, 0.5) is 5.69 Å². The Morgan fingerprint density at radius 1 is 1.11 bits per heavy atom. The molecule has 1 amide bonds. The van der Waals surface area contributed by atoms with E-state index in [0.717, 1.165) is 26.7 Å². The summed E-state index contributed by atoms with van der Waals surface area (Å²) >= 11 is 1.36. The molecule has 0 aliphatic heterocycles. The number of nitrogens with zero attached hydrogens (tertiary/aromatic N) is 2. The lowest BCUT2D eigenvalue weighted by molar-refractivity contribution is -0.113. The van der Waals surface area contributed by atoms with Gasteiger partial charge in [0.15, 0.2) is 0 Å². The Morgan fingerprint density at radius 3 is 2.78 bits per heavy atom. The van der Waals surface area contributed by atoms with Crippen LogP contribution in [0.15, 0.2) is 76.6 Å². The van der Waals surface area contributed by atoms with Gasteiger partial charge in [0.1, 0.15) is 0 Å². The number of amides is 1. The number of anilines is 1. The average molecular weight is 375 g/mol. The largest absolute Gasteiger partial charge is 0.324 e. The first-order valence-electron chi connectivity index (χ1n) is 8.48. The van der Waals surface area contributed by atoms with Crippen LogP contribution in [0.1, 0.15) is 0 Å². The molecule has 0 radical (unpaired) electrons. The highest BCUT2D eigenvalue weighted by molar-refractivity contribution is 8.00. The van der Waals surface area contributed by atoms with Gasteiger partial charge in [0.2, 0.25) is 5.91 Å². The minimum Gasteiger partial charge on any atom is -0.324 e. The molecule has 2 aromatic heterocycles. The topological polar surface area (TPSA) is 64.0 Å². The SMILES string of the molecule is Cn1c(=O)cc(SCC(=O)Nc2cnc3ccccc3c2)c2ccccc21. The van der Waals surface area contributed by atoms with Crippen LogP contribution in [-0.4, -0.2) is 21.2 Å². The van der Waals surface area contributed by atoms with Crippen molar-refractivity contribution in [2.75, 3.05) is 11.1 Å². The van der Waals surface area contributed by atoms with Crippen molar-refractivity contribution in [2.45, 2.75) is 4.90 Å². The fraction of sp³-hybridized carbons (Fsp3) is 0.0952. The fourth-order valence-corrected chi connectivity index (χ4v) is 3.85. The summed E-state index contributed by atoms with van der Waals surface area (Å²) in [5, 5.41) is 4.81. The van der Waals surface area contributed by atoms with Crippen LogP contribution in [0.25, 0.3) is 21.8 Å². The zero-order valence-corrected chi connectivity index (χ0v) is 15.5. The van der Waals surface area contributed by atoms with Gasteiger partial charge >= 0.3 is 0 Å². The van der Waals surface area contributed by atoms with E-state index in [-0.39, 0.29) is 17.2 Å². The Kier molecular flexibility index (Phi) is 4.64. The Bertz CT molecular complexity index is 1220. The Balaban J connectivity index is 1.51. The smallest absolute Gasteiger partial charge is 0.251 e. The highest BCUT2D eigenvalue weighted by atomic mass is 32.2. The first-order valence-corrected chi connectivity index (χ1v) is 9.46. The molecule has 6 heteroatoms. The second-order valence-corrected chi connectivity index (χ2v) is 7.19. The first-order chi connectivity index (χ1) is 13.1. The molecule has 4 aromatic rings. The van der Waals surface area contributed by atoms with Gasteiger partial charge in [0, 0.05) is 28.8 Å². The summed E-state index contributed by atoms with van der Waals surface area (Å²) in [5.41, 5.74) is 2.31. The van der Waals surface area contributed by atoms with E-state index < -0.39 is 0 Å². The van der Waals surface area contributed by atoms with Gasteiger partial charge in [0.05, 0.1) is 28.7 Å². The van der Waals surface area contributed by atoms with Gasteiger partial charge in [-0.25, -0.2) is 0 Å². The predicted octanol–water partition coefficient (Wildman–Crippen LogP) is 3.82. The molecule has 0 bridgehead atoms. The Labute approximate surface area is 160 Å². The monoisotopic (exact) mass is 375 g/mol. The van der Waals surface area contributed by atoms with Crippen molar-refractivity contribution < 1.29 is 4.79 Å². The number of carbonyl (C=O) groups excluding carboxylic acids is 1. The highest BCUT2D eigenvalue weighted by Crippen LogP contribution is 2.26. The van der Waals surface area contributed by atoms with Crippen LogP contribution in [0, 0.1) is 0 Å². The molecule has 0 saturated heterocycles. The minimum absolute atomic E-state index is 0.0877.